The summed E-state index contributed by atoms with van der Waals surface area (Å²) in [6, 6.07) is 18.1. The minimum atomic E-state index is -0.981. The fourth-order valence-electron chi connectivity index (χ4n) is 2.17. The molecule has 172 valence electrons. The van der Waals surface area contributed by atoms with Gasteiger partial charge in [-0.1, -0.05) is 49.6 Å². The molecule has 2 unspecified atom stereocenters. The number of aliphatic hydroxyl groups excluding tert-OH is 2. The van der Waals surface area contributed by atoms with Crippen molar-refractivity contribution in [3.8, 4) is 11.5 Å². The number of rotatable bonds is 12. The molecule has 2 atom stereocenters. The maximum atomic E-state index is 11.9. The van der Waals surface area contributed by atoms with Crippen molar-refractivity contribution < 1.29 is 39.1 Å². The predicted octanol–water partition coefficient (Wildman–Crippen LogP) is 2.61. The van der Waals surface area contributed by atoms with Crippen molar-refractivity contribution in [3.05, 3.63) is 85.5 Å². The van der Waals surface area contributed by atoms with Gasteiger partial charge in [-0.15, -0.1) is 0 Å². The van der Waals surface area contributed by atoms with Gasteiger partial charge in [-0.3, -0.25) is 0 Å². The third-order valence-corrected chi connectivity index (χ3v) is 3.72. The second-order valence-corrected chi connectivity index (χ2v) is 6.50. The standard InChI is InChI=1S/C21H24O6.C3H4O2/c1-16(12-17(22)13-25-19-8-4-2-5-9-19)21(24)27-15-18(23)14-26-20-10-6-3-7-11-20;1-2-3(4)5/h2-11,17-18,22-23H,1,12-15H2;2H,1H2,(H,4,5). The van der Waals surface area contributed by atoms with Gasteiger partial charge in [-0.2, -0.15) is 0 Å². The minimum absolute atomic E-state index is 0.00267. The summed E-state index contributed by atoms with van der Waals surface area (Å²) in [5.74, 6) is -0.405. The summed E-state index contributed by atoms with van der Waals surface area (Å²) in [5, 5.41) is 27.4. The number of para-hydroxylation sites is 2. The van der Waals surface area contributed by atoms with E-state index in [4.69, 9.17) is 19.3 Å². The van der Waals surface area contributed by atoms with Gasteiger partial charge in [0, 0.05) is 18.1 Å². The first-order valence-corrected chi connectivity index (χ1v) is 9.74. The molecule has 0 heterocycles. The van der Waals surface area contributed by atoms with Crippen LogP contribution in [0.1, 0.15) is 6.42 Å². The van der Waals surface area contributed by atoms with Crippen LogP contribution in [0.15, 0.2) is 85.5 Å². The molecule has 32 heavy (non-hydrogen) atoms. The summed E-state index contributed by atoms with van der Waals surface area (Å²) >= 11 is 0. The smallest absolute Gasteiger partial charge is 0.333 e. The van der Waals surface area contributed by atoms with Gasteiger partial charge in [-0.25, -0.2) is 9.59 Å². The first-order chi connectivity index (χ1) is 15.3. The van der Waals surface area contributed by atoms with E-state index in [-0.39, 0.29) is 31.8 Å². The Labute approximate surface area is 187 Å². The molecule has 0 aliphatic carbocycles. The Balaban J connectivity index is 0.000000920. The lowest BCUT2D eigenvalue weighted by Gasteiger charge is -2.15. The molecule has 2 aromatic rings. The lowest BCUT2D eigenvalue weighted by atomic mass is 10.1. The average Bonchev–Trinajstić information content (AvgIpc) is 2.81. The lowest BCUT2D eigenvalue weighted by Crippen LogP contribution is -2.26. The Morgan fingerprint density at radius 1 is 0.844 bits per heavy atom. The molecule has 0 radical (unpaired) electrons. The molecule has 0 saturated carbocycles. The highest BCUT2D eigenvalue weighted by atomic mass is 16.5. The van der Waals surface area contributed by atoms with Gasteiger partial charge in [0.2, 0.25) is 0 Å². The van der Waals surface area contributed by atoms with Crippen molar-refractivity contribution in [1.29, 1.82) is 0 Å². The largest absolute Gasteiger partial charge is 0.491 e. The predicted molar refractivity (Wildman–Crippen MR) is 118 cm³/mol. The number of carboxylic acid groups (broad SMARTS) is 1. The fourth-order valence-corrected chi connectivity index (χ4v) is 2.17. The molecular formula is C24H28O8. The Kier molecular flexibility index (Phi) is 12.6. The molecule has 8 nitrogen and oxygen atoms in total. The second-order valence-electron chi connectivity index (χ2n) is 6.50. The normalized spacial score (nSPS) is 11.7. The molecule has 0 bridgehead atoms. The van der Waals surface area contributed by atoms with Crippen molar-refractivity contribution in [2.45, 2.75) is 18.6 Å². The van der Waals surface area contributed by atoms with E-state index in [1.165, 1.54) is 0 Å². The van der Waals surface area contributed by atoms with Crippen LogP contribution in [-0.4, -0.2) is 59.3 Å². The molecule has 8 heteroatoms. The number of carbonyl (C=O) groups is 2. The molecule has 2 rings (SSSR count). The van der Waals surface area contributed by atoms with Crippen LogP contribution < -0.4 is 9.47 Å². The van der Waals surface area contributed by atoms with E-state index in [0.29, 0.717) is 11.5 Å². The molecule has 2 aromatic carbocycles. The van der Waals surface area contributed by atoms with Crippen LogP contribution >= 0.6 is 0 Å². The van der Waals surface area contributed by atoms with Gasteiger partial charge < -0.3 is 29.5 Å². The van der Waals surface area contributed by atoms with Gasteiger partial charge in [0.05, 0.1) is 6.10 Å². The first kappa shape index (κ1) is 26.4. The van der Waals surface area contributed by atoms with E-state index in [1.807, 2.05) is 36.4 Å². The summed E-state index contributed by atoms with van der Waals surface area (Å²) in [7, 11) is 0. The van der Waals surface area contributed by atoms with Gasteiger partial charge >= 0.3 is 11.9 Å². The van der Waals surface area contributed by atoms with Gasteiger partial charge in [0.15, 0.2) is 0 Å². The maximum Gasteiger partial charge on any atom is 0.333 e. The number of carbonyl (C=O) groups excluding carboxylic acids is 1. The van der Waals surface area contributed by atoms with Crippen molar-refractivity contribution in [2.75, 3.05) is 19.8 Å². The van der Waals surface area contributed by atoms with E-state index < -0.39 is 24.1 Å². The highest BCUT2D eigenvalue weighted by Gasteiger charge is 2.16. The van der Waals surface area contributed by atoms with E-state index in [2.05, 4.69) is 13.2 Å². The number of carboxylic acids is 1. The second kappa shape index (κ2) is 15.2. The summed E-state index contributed by atoms with van der Waals surface area (Å²) < 4.78 is 15.8. The zero-order valence-corrected chi connectivity index (χ0v) is 17.6. The maximum absolute atomic E-state index is 11.9. The number of hydrogen-bond donors (Lipinski definition) is 3. The molecule has 0 aliphatic heterocycles. The number of ether oxygens (including phenoxy) is 3. The SMILES string of the molecule is C=C(CC(O)COc1ccccc1)C(=O)OCC(O)COc1ccccc1.C=CC(=O)O. The highest BCUT2D eigenvalue weighted by molar-refractivity contribution is 5.87. The molecule has 0 fully saturated rings. The number of aliphatic carboxylic acids is 1. The van der Waals surface area contributed by atoms with E-state index in [1.54, 1.807) is 24.3 Å². The van der Waals surface area contributed by atoms with Crippen molar-refractivity contribution in [2.24, 2.45) is 0 Å². The van der Waals surface area contributed by atoms with Crippen LogP contribution in [0.5, 0.6) is 11.5 Å². The number of aliphatic hydroxyl groups is 2. The molecule has 0 aliphatic rings. The van der Waals surface area contributed by atoms with Crippen molar-refractivity contribution in [3.63, 3.8) is 0 Å². The third-order valence-electron chi connectivity index (χ3n) is 3.72. The van der Waals surface area contributed by atoms with E-state index in [0.717, 1.165) is 6.08 Å². The van der Waals surface area contributed by atoms with Crippen LogP contribution in [-0.2, 0) is 14.3 Å². The summed E-state index contributed by atoms with van der Waals surface area (Å²) in [5.41, 5.74) is 0.107. The summed E-state index contributed by atoms with van der Waals surface area (Å²) in [6.07, 6.45) is -1.01. The van der Waals surface area contributed by atoms with E-state index in [9.17, 15) is 19.8 Å². The first-order valence-electron chi connectivity index (χ1n) is 9.74. The van der Waals surface area contributed by atoms with E-state index >= 15 is 0 Å². The van der Waals surface area contributed by atoms with Crippen molar-refractivity contribution in [1.82, 2.24) is 0 Å². The van der Waals surface area contributed by atoms with Crippen LogP contribution in [0.25, 0.3) is 0 Å². The molecule has 3 N–H and O–H groups in total. The third kappa shape index (κ3) is 12.2. The molecule has 0 aromatic heterocycles. The molecule has 0 amide bonds. The molecule has 0 saturated heterocycles. The summed E-state index contributed by atoms with van der Waals surface area (Å²) in [6.45, 7) is 6.39. The van der Waals surface area contributed by atoms with Crippen molar-refractivity contribution >= 4 is 11.9 Å². The summed E-state index contributed by atoms with van der Waals surface area (Å²) in [4.78, 5) is 21.2. The number of esters is 1. The Hall–Kier alpha value is -3.62. The fraction of sp³-hybridized carbons (Fsp3) is 0.250. The van der Waals surface area contributed by atoms with Gasteiger partial charge in [0.25, 0.3) is 0 Å². The van der Waals surface area contributed by atoms with Gasteiger partial charge in [0.1, 0.15) is 37.4 Å². The van der Waals surface area contributed by atoms with Crippen LogP contribution in [0, 0.1) is 0 Å². The molecular weight excluding hydrogens is 416 g/mol. The van der Waals surface area contributed by atoms with Crippen LogP contribution in [0.4, 0.5) is 0 Å². The topological polar surface area (TPSA) is 123 Å². The zero-order valence-electron chi connectivity index (χ0n) is 17.6. The van der Waals surface area contributed by atoms with Crippen LogP contribution in [0.2, 0.25) is 0 Å². The Bertz CT molecular complexity index is 836. The lowest BCUT2D eigenvalue weighted by molar-refractivity contribution is -0.143. The average molecular weight is 444 g/mol. The van der Waals surface area contributed by atoms with Crippen LogP contribution in [0.3, 0.4) is 0 Å². The van der Waals surface area contributed by atoms with Gasteiger partial charge in [-0.05, 0) is 24.3 Å². The Morgan fingerprint density at radius 2 is 1.28 bits per heavy atom. The zero-order chi connectivity index (χ0) is 23.8. The Morgan fingerprint density at radius 3 is 1.72 bits per heavy atom. The quantitative estimate of drug-likeness (QED) is 0.337. The number of hydrogen-bond acceptors (Lipinski definition) is 7. The number of benzene rings is 2. The molecule has 0 spiro atoms. The minimum Gasteiger partial charge on any atom is -0.491 e. The monoisotopic (exact) mass is 444 g/mol. The highest BCUT2D eigenvalue weighted by Crippen LogP contribution is 2.12.